The highest BCUT2D eigenvalue weighted by atomic mass is 79.9. The van der Waals surface area contributed by atoms with E-state index in [-0.39, 0.29) is 5.69 Å². The van der Waals surface area contributed by atoms with E-state index in [1.165, 1.54) is 6.07 Å². The average molecular weight is 328 g/mol. The van der Waals surface area contributed by atoms with Gasteiger partial charge in [0.15, 0.2) is 0 Å². The summed E-state index contributed by atoms with van der Waals surface area (Å²) in [7, 11) is 0. The number of nitrogens with zero attached hydrogens (tertiary/aromatic N) is 2. The molecule has 7 heteroatoms. The van der Waals surface area contributed by atoms with Crippen molar-refractivity contribution in [2.24, 2.45) is 0 Å². The fraction of sp³-hybridized carbons (Fsp3) is 0.182. The number of hydrogen-bond acceptors (Lipinski definition) is 5. The maximum Gasteiger partial charge on any atom is 0.293 e. The van der Waals surface area contributed by atoms with Crippen LogP contribution in [0.4, 0.5) is 11.4 Å². The van der Waals surface area contributed by atoms with Gasteiger partial charge >= 0.3 is 0 Å². The molecule has 1 aromatic heterocycles. The predicted octanol–water partition coefficient (Wildman–Crippen LogP) is 3.47. The van der Waals surface area contributed by atoms with Crippen LogP contribution in [0.25, 0.3) is 0 Å². The number of benzene rings is 1. The Balaban J connectivity index is 2.02. The van der Waals surface area contributed by atoms with E-state index in [0.29, 0.717) is 16.7 Å². The fourth-order valence-electron chi connectivity index (χ4n) is 1.49. The van der Waals surface area contributed by atoms with Gasteiger partial charge in [-0.05, 0) is 12.1 Å². The SMILES string of the molecule is O=[N+]([O-])c1cc(Br)ccc1NCCc1cscn1. The topological polar surface area (TPSA) is 68.1 Å². The van der Waals surface area contributed by atoms with E-state index in [9.17, 15) is 10.1 Å². The first-order valence-corrected chi connectivity index (χ1v) is 6.95. The van der Waals surface area contributed by atoms with Gasteiger partial charge in [-0.1, -0.05) is 15.9 Å². The van der Waals surface area contributed by atoms with E-state index in [1.807, 2.05) is 5.38 Å². The third-order valence-corrected chi connectivity index (χ3v) is 3.47. The lowest BCUT2D eigenvalue weighted by atomic mass is 10.2. The molecule has 0 aliphatic heterocycles. The summed E-state index contributed by atoms with van der Waals surface area (Å²) in [4.78, 5) is 14.7. The Kier molecular flexibility index (Phi) is 4.27. The summed E-state index contributed by atoms with van der Waals surface area (Å²) in [5, 5.41) is 15.9. The van der Waals surface area contributed by atoms with Crippen LogP contribution in [0.2, 0.25) is 0 Å². The number of aromatic nitrogens is 1. The number of hydrogen-bond donors (Lipinski definition) is 1. The molecule has 0 spiro atoms. The zero-order valence-corrected chi connectivity index (χ0v) is 11.7. The molecule has 0 fully saturated rings. The summed E-state index contributed by atoms with van der Waals surface area (Å²) in [5.74, 6) is 0. The molecule has 2 aromatic rings. The molecule has 0 bridgehead atoms. The minimum atomic E-state index is -0.393. The highest BCUT2D eigenvalue weighted by molar-refractivity contribution is 9.10. The van der Waals surface area contributed by atoms with Crippen molar-refractivity contribution in [1.82, 2.24) is 4.98 Å². The Morgan fingerprint density at radius 3 is 3.00 bits per heavy atom. The van der Waals surface area contributed by atoms with Gasteiger partial charge in [0, 0.05) is 28.9 Å². The van der Waals surface area contributed by atoms with E-state index in [2.05, 4.69) is 26.2 Å². The van der Waals surface area contributed by atoms with Gasteiger partial charge in [-0.2, -0.15) is 0 Å². The molecule has 0 amide bonds. The molecule has 0 saturated carbocycles. The molecule has 18 heavy (non-hydrogen) atoms. The van der Waals surface area contributed by atoms with E-state index < -0.39 is 4.92 Å². The zero-order chi connectivity index (χ0) is 13.0. The fourth-order valence-corrected chi connectivity index (χ4v) is 2.43. The van der Waals surface area contributed by atoms with Gasteiger partial charge in [0.05, 0.1) is 16.1 Å². The summed E-state index contributed by atoms with van der Waals surface area (Å²) in [6, 6.07) is 4.96. The van der Waals surface area contributed by atoms with Crippen LogP contribution < -0.4 is 5.32 Å². The van der Waals surface area contributed by atoms with E-state index >= 15 is 0 Å². The molecular weight excluding hydrogens is 318 g/mol. The molecule has 94 valence electrons. The molecule has 0 aliphatic carbocycles. The van der Waals surface area contributed by atoms with Crippen molar-refractivity contribution in [3.63, 3.8) is 0 Å². The van der Waals surface area contributed by atoms with Gasteiger partial charge < -0.3 is 5.32 Å². The lowest BCUT2D eigenvalue weighted by Crippen LogP contribution is -2.07. The van der Waals surface area contributed by atoms with Crippen LogP contribution in [0.3, 0.4) is 0 Å². The maximum absolute atomic E-state index is 10.9. The van der Waals surface area contributed by atoms with Crippen LogP contribution in [-0.4, -0.2) is 16.5 Å². The number of halogens is 1. The average Bonchev–Trinajstić information content (AvgIpc) is 2.84. The van der Waals surface area contributed by atoms with Crippen LogP contribution in [0.1, 0.15) is 5.69 Å². The number of nitro groups is 1. The van der Waals surface area contributed by atoms with Crippen molar-refractivity contribution < 1.29 is 4.92 Å². The minimum absolute atomic E-state index is 0.0719. The van der Waals surface area contributed by atoms with Crippen molar-refractivity contribution >= 4 is 38.6 Å². The third-order valence-electron chi connectivity index (χ3n) is 2.34. The second-order valence-corrected chi connectivity index (χ2v) is 5.21. The molecular formula is C11H10BrN3O2S. The molecule has 1 aromatic carbocycles. The largest absolute Gasteiger partial charge is 0.379 e. The number of anilines is 1. The first kappa shape index (κ1) is 13.0. The second-order valence-electron chi connectivity index (χ2n) is 3.58. The van der Waals surface area contributed by atoms with Crippen molar-refractivity contribution in [3.05, 3.63) is 49.4 Å². The number of nitrogens with one attached hydrogen (secondary N) is 1. The summed E-state index contributed by atoms with van der Waals surface area (Å²) in [6.45, 7) is 0.617. The van der Waals surface area contributed by atoms with Crippen LogP contribution in [0, 0.1) is 10.1 Å². The molecule has 0 saturated heterocycles. The van der Waals surface area contributed by atoms with E-state index in [1.54, 1.807) is 29.0 Å². The third kappa shape index (κ3) is 3.27. The Labute approximate surface area is 116 Å². The van der Waals surface area contributed by atoms with Crippen LogP contribution in [0.5, 0.6) is 0 Å². The smallest absolute Gasteiger partial charge is 0.293 e. The molecule has 0 atom stereocenters. The molecule has 1 heterocycles. The molecule has 5 nitrogen and oxygen atoms in total. The molecule has 1 N–H and O–H groups in total. The quantitative estimate of drug-likeness (QED) is 0.674. The van der Waals surface area contributed by atoms with Crippen LogP contribution in [-0.2, 0) is 6.42 Å². The zero-order valence-electron chi connectivity index (χ0n) is 9.30. The van der Waals surface area contributed by atoms with Gasteiger partial charge in [0.25, 0.3) is 5.69 Å². The Bertz CT molecular complexity index is 545. The first-order valence-electron chi connectivity index (χ1n) is 5.21. The van der Waals surface area contributed by atoms with Crippen molar-refractivity contribution in [2.75, 3.05) is 11.9 Å². The predicted molar refractivity (Wildman–Crippen MR) is 75.1 cm³/mol. The highest BCUT2D eigenvalue weighted by Crippen LogP contribution is 2.27. The normalized spacial score (nSPS) is 10.3. The summed E-state index contributed by atoms with van der Waals surface area (Å²) < 4.78 is 0.694. The van der Waals surface area contributed by atoms with Gasteiger partial charge in [-0.25, -0.2) is 4.98 Å². The number of nitro benzene ring substituents is 1. The second kappa shape index (κ2) is 5.92. The van der Waals surface area contributed by atoms with Crippen molar-refractivity contribution in [2.45, 2.75) is 6.42 Å². The molecule has 0 radical (unpaired) electrons. The maximum atomic E-state index is 10.9. The monoisotopic (exact) mass is 327 g/mol. The van der Waals surface area contributed by atoms with Gasteiger partial charge in [0.1, 0.15) is 5.69 Å². The lowest BCUT2D eigenvalue weighted by molar-refractivity contribution is -0.384. The summed E-state index contributed by atoms with van der Waals surface area (Å²) in [5.41, 5.74) is 3.37. The van der Waals surface area contributed by atoms with Gasteiger partial charge in [-0.15, -0.1) is 11.3 Å². The van der Waals surface area contributed by atoms with Crippen LogP contribution >= 0.6 is 27.3 Å². The summed E-state index contributed by atoms with van der Waals surface area (Å²) in [6.07, 6.45) is 0.747. The highest BCUT2D eigenvalue weighted by Gasteiger charge is 2.13. The minimum Gasteiger partial charge on any atom is -0.379 e. The Morgan fingerprint density at radius 1 is 1.50 bits per heavy atom. The number of thiazole rings is 1. The van der Waals surface area contributed by atoms with E-state index in [0.717, 1.165) is 12.1 Å². The van der Waals surface area contributed by atoms with Crippen LogP contribution in [0.15, 0.2) is 33.6 Å². The van der Waals surface area contributed by atoms with Crippen molar-refractivity contribution in [1.29, 1.82) is 0 Å². The van der Waals surface area contributed by atoms with Gasteiger partial charge in [0.2, 0.25) is 0 Å². The molecule has 2 rings (SSSR count). The summed E-state index contributed by atoms with van der Waals surface area (Å²) >= 11 is 4.77. The Hall–Kier alpha value is -1.47. The standard InChI is InChI=1S/C11H10BrN3O2S/c12-8-1-2-10(11(5-8)15(16)17)13-4-3-9-6-18-7-14-9/h1-2,5-7,13H,3-4H2. The van der Waals surface area contributed by atoms with Crippen molar-refractivity contribution in [3.8, 4) is 0 Å². The van der Waals surface area contributed by atoms with Gasteiger partial charge in [-0.3, -0.25) is 10.1 Å². The molecule has 0 aliphatic rings. The molecule has 0 unspecified atom stereocenters. The lowest BCUT2D eigenvalue weighted by Gasteiger charge is -2.06. The first-order chi connectivity index (χ1) is 8.66. The number of rotatable bonds is 5. The Morgan fingerprint density at radius 2 is 2.33 bits per heavy atom. The van der Waals surface area contributed by atoms with E-state index in [4.69, 9.17) is 0 Å².